The molecule has 0 unspecified atom stereocenters. The molecule has 0 aromatic heterocycles. The molecule has 2 aromatic carbocycles. The van der Waals surface area contributed by atoms with Crippen LogP contribution in [0.3, 0.4) is 0 Å². The van der Waals surface area contributed by atoms with Crippen LogP contribution in [0.15, 0.2) is 48.5 Å². The lowest BCUT2D eigenvalue weighted by Crippen LogP contribution is -2.30. The summed E-state index contributed by atoms with van der Waals surface area (Å²) in [4.78, 5) is 0. The van der Waals surface area contributed by atoms with Crippen molar-refractivity contribution in [2.75, 3.05) is 0 Å². The van der Waals surface area contributed by atoms with Gasteiger partial charge in [-0.2, -0.15) is 0 Å². The van der Waals surface area contributed by atoms with E-state index in [4.69, 9.17) is 0 Å². The topological polar surface area (TPSA) is 24.1 Å². The summed E-state index contributed by atoms with van der Waals surface area (Å²) >= 11 is 0. The zero-order chi connectivity index (χ0) is 20.4. The summed E-state index contributed by atoms with van der Waals surface area (Å²) in [6, 6.07) is 20.0. The molecule has 0 radical (unpaired) electrons. The van der Waals surface area contributed by atoms with Crippen LogP contribution in [-0.4, -0.2) is 12.1 Å². The Kier molecular flexibility index (Phi) is 12.7. The molecule has 2 fully saturated rings. The summed E-state index contributed by atoms with van der Waals surface area (Å²) in [5.41, 5.74) is 5.72. The van der Waals surface area contributed by atoms with Crippen molar-refractivity contribution >= 4 is 24.8 Å². The van der Waals surface area contributed by atoms with E-state index in [1.165, 1.54) is 86.5 Å². The fraction of sp³-hybridized carbons (Fsp3) is 0.571. The van der Waals surface area contributed by atoms with Crippen molar-refractivity contribution in [1.82, 2.24) is 10.6 Å². The van der Waals surface area contributed by atoms with E-state index in [1.807, 2.05) is 0 Å². The zero-order valence-corrected chi connectivity index (χ0v) is 21.1. The average Bonchev–Trinajstić information content (AvgIpc) is 2.83. The number of halogens is 2. The molecule has 0 saturated heterocycles. The highest BCUT2D eigenvalue weighted by Crippen LogP contribution is 2.19. The Morgan fingerprint density at radius 2 is 0.781 bits per heavy atom. The lowest BCUT2D eigenvalue weighted by Gasteiger charge is -2.23. The molecule has 0 aliphatic heterocycles. The highest BCUT2D eigenvalue weighted by atomic mass is 35.5. The number of rotatable bonds is 9. The Hall–Kier alpha value is -1.06. The van der Waals surface area contributed by atoms with E-state index in [0.717, 1.165) is 38.0 Å². The first-order chi connectivity index (χ1) is 14.8. The van der Waals surface area contributed by atoms with E-state index in [1.54, 1.807) is 0 Å². The van der Waals surface area contributed by atoms with Gasteiger partial charge in [0.2, 0.25) is 0 Å². The quantitative estimate of drug-likeness (QED) is 0.400. The van der Waals surface area contributed by atoms with Crippen molar-refractivity contribution in [3.63, 3.8) is 0 Å². The molecule has 2 aromatic rings. The maximum Gasteiger partial charge on any atom is 0.0208 e. The predicted molar refractivity (Wildman–Crippen MR) is 142 cm³/mol. The first-order valence-corrected chi connectivity index (χ1v) is 12.5. The van der Waals surface area contributed by atoms with Gasteiger partial charge < -0.3 is 10.6 Å². The summed E-state index contributed by atoms with van der Waals surface area (Å²) in [5.74, 6) is 0. The van der Waals surface area contributed by atoms with Gasteiger partial charge in [-0.25, -0.2) is 0 Å². The average molecular weight is 478 g/mol. The molecule has 178 valence electrons. The van der Waals surface area contributed by atoms with Crippen LogP contribution in [0.1, 0.15) is 86.5 Å². The summed E-state index contributed by atoms with van der Waals surface area (Å²) in [7, 11) is 0. The minimum Gasteiger partial charge on any atom is -0.310 e. The molecular formula is C28H42Cl2N2. The predicted octanol–water partition coefficient (Wildman–Crippen LogP) is 7.16. The zero-order valence-electron chi connectivity index (χ0n) is 19.5. The number of benzene rings is 2. The second-order valence-corrected chi connectivity index (χ2v) is 9.56. The Morgan fingerprint density at radius 3 is 1.12 bits per heavy atom. The normalized spacial score (nSPS) is 17.4. The van der Waals surface area contributed by atoms with E-state index in [-0.39, 0.29) is 24.8 Å². The molecule has 0 heterocycles. The third-order valence-electron chi connectivity index (χ3n) is 7.15. The van der Waals surface area contributed by atoms with Crippen LogP contribution >= 0.6 is 24.8 Å². The van der Waals surface area contributed by atoms with Crippen LogP contribution in [0.4, 0.5) is 0 Å². The van der Waals surface area contributed by atoms with Crippen molar-refractivity contribution in [3.05, 3.63) is 70.8 Å². The highest BCUT2D eigenvalue weighted by molar-refractivity contribution is 5.85. The lowest BCUT2D eigenvalue weighted by atomic mass is 9.95. The minimum absolute atomic E-state index is 0. The fourth-order valence-electron chi connectivity index (χ4n) is 5.07. The molecule has 2 aliphatic carbocycles. The van der Waals surface area contributed by atoms with Crippen molar-refractivity contribution in [2.45, 2.75) is 102 Å². The van der Waals surface area contributed by atoms with Gasteiger partial charge in [0, 0.05) is 25.2 Å². The summed E-state index contributed by atoms with van der Waals surface area (Å²) in [5, 5.41) is 7.49. The Morgan fingerprint density at radius 1 is 0.469 bits per heavy atom. The summed E-state index contributed by atoms with van der Waals surface area (Å²) < 4.78 is 0. The second-order valence-electron chi connectivity index (χ2n) is 9.56. The molecule has 2 N–H and O–H groups in total. The number of aryl methyl sites for hydroxylation is 2. The molecule has 2 aliphatic rings. The summed E-state index contributed by atoms with van der Waals surface area (Å²) in [6.45, 7) is 2.03. The monoisotopic (exact) mass is 476 g/mol. The molecule has 2 nitrogen and oxygen atoms in total. The van der Waals surface area contributed by atoms with Gasteiger partial charge >= 0.3 is 0 Å². The van der Waals surface area contributed by atoms with Crippen LogP contribution < -0.4 is 10.6 Å². The molecule has 0 amide bonds. The number of hydrogen-bond donors (Lipinski definition) is 2. The second kappa shape index (κ2) is 15.0. The highest BCUT2D eigenvalue weighted by Gasteiger charge is 2.13. The minimum atomic E-state index is 0. The lowest BCUT2D eigenvalue weighted by molar-refractivity contribution is 0.372. The smallest absolute Gasteiger partial charge is 0.0208 e. The van der Waals surface area contributed by atoms with Crippen molar-refractivity contribution in [2.24, 2.45) is 0 Å². The summed E-state index contributed by atoms with van der Waals surface area (Å²) in [6.07, 6.45) is 16.1. The van der Waals surface area contributed by atoms with E-state index in [2.05, 4.69) is 59.2 Å². The molecular weight excluding hydrogens is 435 g/mol. The van der Waals surface area contributed by atoms with E-state index >= 15 is 0 Å². The molecule has 0 atom stereocenters. The van der Waals surface area contributed by atoms with Crippen LogP contribution in [0.5, 0.6) is 0 Å². The van der Waals surface area contributed by atoms with Gasteiger partial charge in [-0.15, -0.1) is 24.8 Å². The Balaban J connectivity index is 0.00000181. The maximum absolute atomic E-state index is 3.75. The van der Waals surface area contributed by atoms with Crippen LogP contribution in [0, 0.1) is 0 Å². The SMILES string of the molecule is Cl.Cl.c1cc(CNC2CCCCC2)ccc1CCc1ccc(CNC2CCCCC2)cc1. The molecule has 0 bridgehead atoms. The molecule has 4 rings (SSSR count). The van der Waals surface area contributed by atoms with Crippen molar-refractivity contribution < 1.29 is 0 Å². The van der Waals surface area contributed by atoms with Gasteiger partial charge in [-0.3, -0.25) is 0 Å². The van der Waals surface area contributed by atoms with Gasteiger partial charge in [-0.05, 0) is 60.8 Å². The fourth-order valence-corrected chi connectivity index (χ4v) is 5.07. The van der Waals surface area contributed by atoms with Gasteiger partial charge in [-0.1, -0.05) is 87.1 Å². The molecule has 2 saturated carbocycles. The van der Waals surface area contributed by atoms with Crippen LogP contribution in [0.25, 0.3) is 0 Å². The van der Waals surface area contributed by atoms with E-state index in [0.29, 0.717) is 0 Å². The van der Waals surface area contributed by atoms with E-state index < -0.39 is 0 Å². The largest absolute Gasteiger partial charge is 0.310 e. The van der Waals surface area contributed by atoms with Crippen molar-refractivity contribution in [3.8, 4) is 0 Å². The van der Waals surface area contributed by atoms with Crippen LogP contribution in [-0.2, 0) is 25.9 Å². The van der Waals surface area contributed by atoms with Gasteiger partial charge in [0.05, 0.1) is 0 Å². The van der Waals surface area contributed by atoms with Gasteiger partial charge in [0.1, 0.15) is 0 Å². The van der Waals surface area contributed by atoms with E-state index in [9.17, 15) is 0 Å². The third-order valence-corrected chi connectivity index (χ3v) is 7.15. The molecule has 0 spiro atoms. The Labute approximate surface area is 208 Å². The first kappa shape index (κ1) is 27.2. The van der Waals surface area contributed by atoms with Crippen molar-refractivity contribution in [1.29, 1.82) is 0 Å². The van der Waals surface area contributed by atoms with Gasteiger partial charge in [0.25, 0.3) is 0 Å². The molecule has 32 heavy (non-hydrogen) atoms. The standard InChI is InChI=1S/C28H40N2.2ClH/c1-3-7-27(8-4-1)29-21-25-17-13-23(14-18-25)11-12-24-15-19-26(20-16-24)22-30-28-9-5-2-6-10-28;;/h13-20,27-30H,1-12,21-22H2;2*1H. The number of nitrogens with one attached hydrogen (secondary N) is 2. The van der Waals surface area contributed by atoms with Gasteiger partial charge in [0.15, 0.2) is 0 Å². The van der Waals surface area contributed by atoms with Crippen LogP contribution in [0.2, 0.25) is 0 Å². The third kappa shape index (κ3) is 9.06. The number of hydrogen-bond acceptors (Lipinski definition) is 2. The molecule has 4 heteroatoms. The Bertz CT molecular complexity index is 668. The first-order valence-electron chi connectivity index (χ1n) is 12.5. The maximum atomic E-state index is 3.75.